The fourth-order valence-corrected chi connectivity index (χ4v) is 3.69. The topological polar surface area (TPSA) is 33.4 Å². The van der Waals surface area contributed by atoms with E-state index >= 15 is 0 Å². The van der Waals surface area contributed by atoms with Gasteiger partial charge in [-0.25, -0.2) is 9.50 Å². The number of nitrogens with zero attached hydrogens (tertiary/aromatic N) is 4. The molecule has 2 aliphatic heterocycles. The van der Waals surface area contributed by atoms with Gasteiger partial charge in [-0.15, -0.1) is 0 Å². The van der Waals surface area contributed by atoms with Crippen molar-refractivity contribution < 1.29 is 0 Å². The van der Waals surface area contributed by atoms with Gasteiger partial charge in [-0.3, -0.25) is 4.90 Å². The van der Waals surface area contributed by atoms with Gasteiger partial charge in [0.05, 0.1) is 17.4 Å². The molecular weight excluding hydrogens is 208 g/mol. The van der Waals surface area contributed by atoms with E-state index in [1.165, 1.54) is 24.2 Å². The molecule has 4 nitrogen and oxygen atoms in total. The third kappa shape index (κ3) is 0.903. The lowest BCUT2D eigenvalue weighted by Gasteiger charge is -2.30. The van der Waals surface area contributed by atoms with Gasteiger partial charge in [0.2, 0.25) is 4.96 Å². The van der Waals surface area contributed by atoms with Crippen molar-refractivity contribution in [3.63, 3.8) is 0 Å². The summed E-state index contributed by atoms with van der Waals surface area (Å²) in [7, 11) is 2.23. The standard InChI is InChI=1S/C10H12N4S/c1-13-6-2-3-8(13)9-7(4-6)12-10-14(9)11-5-15-10/h5-6,8H,2-4H2,1H3. The van der Waals surface area contributed by atoms with Crippen LogP contribution in [0, 0.1) is 0 Å². The first-order valence-electron chi connectivity index (χ1n) is 5.37. The molecule has 0 saturated carbocycles. The Balaban J connectivity index is 2.02. The normalized spacial score (nSPS) is 29.9. The van der Waals surface area contributed by atoms with Gasteiger partial charge in [0, 0.05) is 12.5 Å². The van der Waals surface area contributed by atoms with Crippen molar-refractivity contribution in [3.8, 4) is 0 Å². The van der Waals surface area contributed by atoms with Crippen molar-refractivity contribution in [2.24, 2.45) is 0 Å². The predicted octanol–water partition coefficient (Wildman–Crippen LogP) is 1.48. The molecule has 5 heteroatoms. The molecule has 2 bridgehead atoms. The zero-order chi connectivity index (χ0) is 9.99. The highest BCUT2D eigenvalue weighted by Crippen LogP contribution is 2.42. The van der Waals surface area contributed by atoms with Gasteiger partial charge in [-0.2, -0.15) is 5.10 Å². The third-order valence-corrected chi connectivity index (χ3v) is 4.52. The summed E-state index contributed by atoms with van der Waals surface area (Å²) >= 11 is 1.63. The molecule has 78 valence electrons. The molecule has 15 heavy (non-hydrogen) atoms. The summed E-state index contributed by atoms with van der Waals surface area (Å²) in [6.45, 7) is 0. The van der Waals surface area contributed by atoms with Gasteiger partial charge < -0.3 is 0 Å². The summed E-state index contributed by atoms with van der Waals surface area (Å²) < 4.78 is 2.04. The smallest absolute Gasteiger partial charge is 0.212 e. The maximum atomic E-state index is 4.68. The zero-order valence-electron chi connectivity index (χ0n) is 8.55. The number of fused-ring (bicyclic) bond motifs is 6. The van der Waals surface area contributed by atoms with Crippen LogP contribution in [0.25, 0.3) is 4.96 Å². The minimum Gasteiger partial charge on any atom is -0.294 e. The van der Waals surface area contributed by atoms with E-state index in [1.54, 1.807) is 11.3 Å². The van der Waals surface area contributed by atoms with Crippen LogP contribution in [0.4, 0.5) is 0 Å². The number of likely N-dealkylation sites (N-methyl/N-ethyl adjacent to an activating group) is 1. The lowest BCUT2D eigenvalue weighted by molar-refractivity contribution is 0.217. The quantitative estimate of drug-likeness (QED) is 0.674. The predicted molar refractivity (Wildman–Crippen MR) is 58.1 cm³/mol. The summed E-state index contributed by atoms with van der Waals surface area (Å²) in [6.07, 6.45) is 3.68. The molecule has 2 aromatic rings. The Morgan fingerprint density at radius 2 is 2.40 bits per heavy atom. The Hall–Kier alpha value is -0.940. The summed E-state index contributed by atoms with van der Waals surface area (Å²) in [5.74, 6) is 0. The van der Waals surface area contributed by atoms with Crippen LogP contribution in [0.5, 0.6) is 0 Å². The fourth-order valence-electron chi connectivity index (χ4n) is 3.05. The van der Waals surface area contributed by atoms with E-state index < -0.39 is 0 Å². The highest BCUT2D eigenvalue weighted by Gasteiger charge is 2.40. The first-order valence-corrected chi connectivity index (χ1v) is 6.25. The summed E-state index contributed by atoms with van der Waals surface area (Å²) in [5.41, 5.74) is 4.52. The average molecular weight is 220 g/mol. The van der Waals surface area contributed by atoms with Crippen LogP contribution in [-0.4, -0.2) is 32.6 Å². The monoisotopic (exact) mass is 220 g/mol. The van der Waals surface area contributed by atoms with Crippen LogP contribution in [0.3, 0.4) is 0 Å². The number of rotatable bonds is 0. The summed E-state index contributed by atoms with van der Waals surface area (Å²) in [4.78, 5) is 8.23. The van der Waals surface area contributed by atoms with Crippen LogP contribution in [0.1, 0.15) is 30.3 Å². The Kier molecular flexibility index (Phi) is 1.42. The van der Waals surface area contributed by atoms with E-state index in [2.05, 4.69) is 22.0 Å². The molecule has 0 aromatic carbocycles. The Labute approximate surface area is 91.5 Å². The number of hydrogen-bond acceptors (Lipinski definition) is 4. The SMILES string of the molecule is CN1C2CCC1c1c(nc3scnn13)C2. The zero-order valence-corrected chi connectivity index (χ0v) is 9.37. The summed E-state index contributed by atoms with van der Waals surface area (Å²) in [5, 5.41) is 4.39. The molecule has 1 saturated heterocycles. The Bertz CT molecular complexity index is 528. The number of imidazole rings is 1. The van der Waals surface area contributed by atoms with Crippen molar-refractivity contribution >= 4 is 16.3 Å². The largest absolute Gasteiger partial charge is 0.294 e. The molecule has 2 aromatic heterocycles. The lowest BCUT2D eigenvalue weighted by Crippen LogP contribution is -2.34. The van der Waals surface area contributed by atoms with E-state index in [4.69, 9.17) is 0 Å². The van der Waals surface area contributed by atoms with Gasteiger partial charge in [0.25, 0.3) is 0 Å². The Morgan fingerprint density at radius 3 is 3.33 bits per heavy atom. The molecule has 0 amide bonds. The molecule has 2 unspecified atom stereocenters. The summed E-state index contributed by atoms with van der Waals surface area (Å²) in [6, 6.07) is 1.27. The van der Waals surface area contributed by atoms with Crippen LogP contribution >= 0.6 is 11.3 Å². The molecule has 0 radical (unpaired) electrons. The maximum absolute atomic E-state index is 4.68. The van der Waals surface area contributed by atoms with Crippen molar-refractivity contribution in [2.75, 3.05) is 7.05 Å². The first kappa shape index (κ1) is 8.24. The van der Waals surface area contributed by atoms with Gasteiger partial charge in [0.15, 0.2) is 0 Å². The molecule has 2 aliphatic rings. The highest BCUT2D eigenvalue weighted by molar-refractivity contribution is 7.14. The van der Waals surface area contributed by atoms with Crippen molar-refractivity contribution in [1.29, 1.82) is 0 Å². The van der Waals surface area contributed by atoms with Crippen LogP contribution in [0.2, 0.25) is 0 Å². The first-order chi connectivity index (χ1) is 7.34. The van der Waals surface area contributed by atoms with Gasteiger partial charge in [0.1, 0.15) is 5.51 Å². The van der Waals surface area contributed by atoms with E-state index in [-0.39, 0.29) is 0 Å². The fraction of sp³-hybridized carbons (Fsp3) is 0.600. The third-order valence-electron chi connectivity index (χ3n) is 3.84. The molecule has 4 heterocycles. The van der Waals surface area contributed by atoms with Gasteiger partial charge >= 0.3 is 0 Å². The average Bonchev–Trinajstić information content (AvgIpc) is 2.82. The van der Waals surface area contributed by atoms with Gasteiger partial charge in [-0.05, 0) is 19.9 Å². The van der Waals surface area contributed by atoms with E-state index in [1.807, 2.05) is 10.0 Å². The second kappa shape index (κ2) is 2.59. The Morgan fingerprint density at radius 1 is 1.47 bits per heavy atom. The van der Waals surface area contributed by atoms with Crippen molar-refractivity contribution in [1.82, 2.24) is 19.5 Å². The maximum Gasteiger partial charge on any atom is 0.212 e. The molecule has 4 rings (SSSR count). The van der Waals surface area contributed by atoms with Crippen LogP contribution in [-0.2, 0) is 6.42 Å². The van der Waals surface area contributed by atoms with Crippen LogP contribution in [0.15, 0.2) is 5.51 Å². The molecule has 0 N–H and O–H groups in total. The van der Waals surface area contributed by atoms with E-state index in [9.17, 15) is 0 Å². The minimum absolute atomic E-state index is 0.552. The number of aromatic nitrogens is 3. The van der Waals surface area contributed by atoms with Crippen molar-refractivity contribution in [3.05, 3.63) is 16.9 Å². The number of hydrogen-bond donors (Lipinski definition) is 0. The molecule has 1 fully saturated rings. The van der Waals surface area contributed by atoms with Gasteiger partial charge in [-0.1, -0.05) is 11.3 Å². The van der Waals surface area contributed by atoms with E-state index in [0.29, 0.717) is 12.1 Å². The minimum atomic E-state index is 0.552. The molecule has 2 atom stereocenters. The molecular formula is C10H12N4S. The van der Waals surface area contributed by atoms with Crippen molar-refractivity contribution in [2.45, 2.75) is 31.3 Å². The molecule has 0 spiro atoms. The lowest BCUT2D eigenvalue weighted by atomic mass is 10.0. The molecule has 0 aliphatic carbocycles. The van der Waals surface area contributed by atoms with Crippen LogP contribution < -0.4 is 0 Å². The highest BCUT2D eigenvalue weighted by atomic mass is 32.1. The van der Waals surface area contributed by atoms with E-state index in [0.717, 1.165) is 11.4 Å². The second-order valence-corrected chi connectivity index (χ2v) is 5.31. The second-order valence-electron chi connectivity index (χ2n) is 4.49.